The average molecular weight is 230 g/mol. The van der Waals surface area contributed by atoms with E-state index in [-0.39, 0.29) is 11.8 Å². The van der Waals surface area contributed by atoms with Crippen LogP contribution < -0.4 is 10.6 Å². The zero-order valence-corrected chi connectivity index (χ0v) is 9.57. The molecule has 1 aliphatic heterocycles. The first-order chi connectivity index (χ1) is 8.20. The van der Waals surface area contributed by atoms with Crippen LogP contribution >= 0.6 is 0 Å². The van der Waals surface area contributed by atoms with E-state index >= 15 is 0 Å². The third-order valence-electron chi connectivity index (χ3n) is 2.70. The van der Waals surface area contributed by atoms with Crippen molar-refractivity contribution in [3.8, 4) is 0 Å². The van der Waals surface area contributed by atoms with Gasteiger partial charge in [0.15, 0.2) is 0 Å². The molecule has 1 saturated heterocycles. The van der Waals surface area contributed by atoms with Gasteiger partial charge in [-0.1, -0.05) is 36.4 Å². The summed E-state index contributed by atoms with van der Waals surface area (Å²) in [5, 5.41) is 5.29. The topological polar surface area (TPSA) is 58.2 Å². The van der Waals surface area contributed by atoms with Gasteiger partial charge in [0, 0.05) is 6.42 Å². The van der Waals surface area contributed by atoms with Crippen LogP contribution in [-0.2, 0) is 16.0 Å². The van der Waals surface area contributed by atoms with Crippen LogP contribution in [-0.4, -0.2) is 17.9 Å². The summed E-state index contributed by atoms with van der Waals surface area (Å²) < 4.78 is 0. The molecule has 0 radical (unpaired) electrons. The molecule has 1 aromatic rings. The van der Waals surface area contributed by atoms with Crippen LogP contribution in [0, 0.1) is 0 Å². The Hall–Kier alpha value is -2.10. The molecule has 2 N–H and O–H groups in total. The van der Waals surface area contributed by atoms with Crippen molar-refractivity contribution >= 4 is 11.8 Å². The number of hydrogen-bond acceptors (Lipinski definition) is 2. The Balaban J connectivity index is 2.09. The van der Waals surface area contributed by atoms with Gasteiger partial charge in [0.05, 0.1) is 0 Å². The molecule has 88 valence electrons. The van der Waals surface area contributed by atoms with Crippen LogP contribution in [0.1, 0.15) is 12.5 Å². The Kier molecular flexibility index (Phi) is 3.23. The summed E-state index contributed by atoms with van der Waals surface area (Å²) in [6, 6.07) is 9.12. The first-order valence-corrected chi connectivity index (χ1v) is 5.52. The SMILES string of the molecule is C/C=C1/NC(=O)[C@H](Cc2ccccc2)NC1=O. The lowest BCUT2D eigenvalue weighted by Crippen LogP contribution is -2.55. The third kappa shape index (κ3) is 2.53. The zero-order chi connectivity index (χ0) is 12.3. The van der Waals surface area contributed by atoms with Gasteiger partial charge in [0.25, 0.3) is 5.91 Å². The fourth-order valence-corrected chi connectivity index (χ4v) is 1.77. The monoisotopic (exact) mass is 230 g/mol. The predicted molar refractivity (Wildman–Crippen MR) is 64.0 cm³/mol. The van der Waals surface area contributed by atoms with E-state index in [9.17, 15) is 9.59 Å². The van der Waals surface area contributed by atoms with Gasteiger partial charge in [0.1, 0.15) is 11.7 Å². The lowest BCUT2D eigenvalue weighted by atomic mass is 10.0. The minimum atomic E-state index is -0.492. The van der Waals surface area contributed by atoms with Crippen molar-refractivity contribution in [1.29, 1.82) is 0 Å². The fraction of sp³-hybridized carbons (Fsp3) is 0.231. The molecule has 1 aromatic carbocycles. The Morgan fingerprint density at radius 3 is 2.59 bits per heavy atom. The largest absolute Gasteiger partial charge is 0.339 e. The molecule has 0 bridgehead atoms. The van der Waals surface area contributed by atoms with Gasteiger partial charge in [-0.3, -0.25) is 9.59 Å². The number of carbonyl (C=O) groups excluding carboxylic acids is 2. The van der Waals surface area contributed by atoms with Crippen LogP contribution in [0.15, 0.2) is 42.1 Å². The molecular weight excluding hydrogens is 216 g/mol. The summed E-state index contributed by atoms with van der Waals surface area (Å²) in [7, 11) is 0. The summed E-state index contributed by atoms with van der Waals surface area (Å²) in [5.74, 6) is -0.394. The first kappa shape index (κ1) is 11.4. The molecule has 17 heavy (non-hydrogen) atoms. The summed E-state index contributed by atoms with van der Waals surface area (Å²) in [4.78, 5) is 23.3. The van der Waals surface area contributed by atoms with Crippen LogP contribution in [0.2, 0.25) is 0 Å². The maximum atomic E-state index is 11.7. The number of nitrogens with one attached hydrogen (secondary N) is 2. The Morgan fingerprint density at radius 2 is 1.94 bits per heavy atom. The molecule has 1 fully saturated rings. The Morgan fingerprint density at radius 1 is 1.24 bits per heavy atom. The number of rotatable bonds is 2. The van der Waals surface area contributed by atoms with Crippen molar-refractivity contribution in [2.45, 2.75) is 19.4 Å². The van der Waals surface area contributed by atoms with E-state index in [1.165, 1.54) is 0 Å². The normalized spacial score (nSPS) is 22.2. The van der Waals surface area contributed by atoms with E-state index in [1.54, 1.807) is 13.0 Å². The Bertz CT molecular complexity index is 466. The van der Waals surface area contributed by atoms with Gasteiger partial charge in [0.2, 0.25) is 5.91 Å². The fourth-order valence-electron chi connectivity index (χ4n) is 1.77. The van der Waals surface area contributed by atoms with E-state index in [1.807, 2.05) is 30.3 Å². The van der Waals surface area contributed by atoms with E-state index < -0.39 is 6.04 Å². The number of carbonyl (C=O) groups is 2. The standard InChI is InChI=1S/C13H14N2O2/c1-2-10-12(16)15-11(13(17)14-10)8-9-6-4-3-5-7-9/h2-7,11H,8H2,1H3,(H,14,17)(H,15,16)/b10-2+/t11-/m0/s1. The van der Waals surface area contributed by atoms with E-state index in [0.29, 0.717) is 12.1 Å². The van der Waals surface area contributed by atoms with E-state index in [2.05, 4.69) is 10.6 Å². The molecule has 2 amide bonds. The first-order valence-electron chi connectivity index (χ1n) is 5.52. The van der Waals surface area contributed by atoms with E-state index in [0.717, 1.165) is 5.56 Å². The maximum absolute atomic E-state index is 11.7. The minimum absolute atomic E-state index is 0.165. The molecular formula is C13H14N2O2. The number of allylic oxidation sites excluding steroid dienone is 1. The summed E-state index contributed by atoms with van der Waals surface area (Å²) in [5.41, 5.74) is 1.34. The molecule has 0 saturated carbocycles. The van der Waals surface area contributed by atoms with Crippen LogP contribution in [0.5, 0.6) is 0 Å². The quantitative estimate of drug-likeness (QED) is 0.736. The van der Waals surface area contributed by atoms with Crippen molar-refractivity contribution in [1.82, 2.24) is 10.6 Å². The highest BCUT2D eigenvalue weighted by Crippen LogP contribution is 2.07. The summed E-state index contributed by atoms with van der Waals surface area (Å²) in [6.45, 7) is 1.71. The van der Waals surface area contributed by atoms with Crippen molar-refractivity contribution in [3.63, 3.8) is 0 Å². The highest BCUT2D eigenvalue weighted by atomic mass is 16.2. The predicted octanol–water partition coefficient (Wildman–Crippen LogP) is 0.747. The van der Waals surface area contributed by atoms with Gasteiger partial charge in [-0.05, 0) is 12.5 Å². The van der Waals surface area contributed by atoms with Crippen LogP contribution in [0.25, 0.3) is 0 Å². The van der Waals surface area contributed by atoms with Crippen molar-refractivity contribution in [2.75, 3.05) is 0 Å². The van der Waals surface area contributed by atoms with Crippen molar-refractivity contribution in [3.05, 3.63) is 47.7 Å². The number of amides is 2. The molecule has 0 unspecified atom stereocenters. The van der Waals surface area contributed by atoms with Gasteiger partial charge in [-0.25, -0.2) is 0 Å². The molecule has 4 heteroatoms. The summed E-state index contributed by atoms with van der Waals surface area (Å²) in [6.07, 6.45) is 2.10. The number of piperazine rings is 1. The second kappa shape index (κ2) is 4.82. The maximum Gasteiger partial charge on any atom is 0.268 e. The highest BCUT2D eigenvalue weighted by molar-refractivity contribution is 6.04. The molecule has 2 rings (SSSR count). The molecule has 1 atom stereocenters. The zero-order valence-electron chi connectivity index (χ0n) is 9.57. The van der Waals surface area contributed by atoms with Crippen molar-refractivity contribution < 1.29 is 9.59 Å². The summed E-state index contributed by atoms with van der Waals surface area (Å²) >= 11 is 0. The van der Waals surface area contributed by atoms with Crippen LogP contribution in [0.4, 0.5) is 0 Å². The Labute approximate surface area is 99.7 Å². The molecule has 1 heterocycles. The minimum Gasteiger partial charge on any atom is -0.339 e. The second-order valence-corrected chi connectivity index (χ2v) is 3.91. The third-order valence-corrected chi connectivity index (χ3v) is 2.70. The van der Waals surface area contributed by atoms with Crippen molar-refractivity contribution in [2.24, 2.45) is 0 Å². The molecule has 0 aromatic heterocycles. The number of hydrogen-bond donors (Lipinski definition) is 2. The van der Waals surface area contributed by atoms with Gasteiger partial charge < -0.3 is 10.6 Å². The van der Waals surface area contributed by atoms with Crippen LogP contribution in [0.3, 0.4) is 0 Å². The molecule has 0 spiro atoms. The molecule has 4 nitrogen and oxygen atoms in total. The molecule has 1 aliphatic rings. The average Bonchev–Trinajstić information content (AvgIpc) is 2.34. The van der Waals surface area contributed by atoms with Gasteiger partial charge in [-0.2, -0.15) is 0 Å². The van der Waals surface area contributed by atoms with Gasteiger partial charge in [-0.15, -0.1) is 0 Å². The lowest BCUT2D eigenvalue weighted by molar-refractivity contribution is -0.131. The van der Waals surface area contributed by atoms with Gasteiger partial charge >= 0.3 is 0 Å². The number of benzene rings is 1. The highest BCUT2D eigenvalue weighted by Gasteiger charge is 2.28. The van der Waals surface area contributed by atoms with E-state index in [4.69, 9.17) is 0 Å². The lowest BCUT2D eigenvalue weighted by Gasteiger charge is -2.24. The molecule has 0 aliphatic carbocycles. The second-order valence-electron chi connectivity index (χ2n) is 3.91. The smallest absolute Gasteiger partial charge is 0.268 e.